The topological polar surface area (TPSA) is 47.6 Å². The lowest BCUT2D eigenvalue weighted by Gasteiger charge is -2.09. The van der Waals surface area contributed by atoms with Crippen LogP contribution in [0.1, 0.15) is 15.9 Å². The van der Waals surface area contributed by atoms with Gasteiger partial charge in [0.15, 0.2) is 17.8 Å². The van der Waals surface area contributed by atoms with Crippen LogP contribution in [0.2, 0.25) is 5.02 Å². The van der Waals surface area contributed by atoms with Gasteiger partial charge in [-0.1, -0.05) is 11.6 Å². The Bertz CT molecular complexity index is 420. The third-order valence-electron chi connectivity index (χ3n) is 2.47. The molecule has 0 amide bonds. The number of ether oxygens (including phenoxy) is 2. The highest BCUT2D eigenvalue weighted by atomic mass is 35.5. The molecule has 0 radical (unpaired) electrons. The van der Waals surface area contributed by atoms with Crippen molar-refractivity contribution in [3.05, 3.63) is 22.2 Å². The fraction of sp³-hybridized carbons (Fsp3) is 0.364. The minimum Gasteiger partial charge on any atom is -0.453 e. The fourth-order valence-electron chi connectivity index (χ4n) is 1.69. The molecule has 0 aliphatic carbocycles. The number of hydrogen-bond acceptors (Lipinski definition) is 4. The van der Waals surface area contributed by atoms with E-state index in [1.807, 2.05) is 7.05 Å². The summed E-state index contributed by atoms with van der Waals surface area (Å²) in [6.45, 7) is 0.930. The van der Waals surface area contributed by atoms with Gasteiger partial charge in [0.2, 0.25) is 6.79 Å². The van der Waals surface area contributed by atoms with Crippen LogP contribution in [-0.4, -0.2) is 26.7 Å². The number of carbonyl (C=O) groups excluding carboxylic acids is 1. The van der Waals surface area contributed by atoms with Crippen LogP contribution in [-0.2, 0) is 6.42 Å². The average Bonchev–Trinajstić information content (AvgIpc) is 2.76. The van der Waals surface area contributed by atoms with Crippen molar-refractivity contribution >= 4 is 17.9 Å². The molecule has 0 saturated carbocycles. The van der Waals surface area contributed by atoms with Crippen molar-refractivity contribution in [1.82, 2.24) is 5.32 Å². The van der Waals surface area contributed by atoms with Gasteiger partial charge in [-0.05, 0) is 26.1 Å². The van der Waals surface area contributed by atoms with E-state index < -0.39 is 0 Å². The van der Waals surface area contributed by atoms with E-state index in [0.717, 1.165) is 24.8 Å². The molecule has 0 spiro atoms. The fourth-order valence-corrected chi connectivity index (χ4v) is 1.98. The number of halogens is 1. The second-order valence-corrected chi connectivity index (χ2v) is 3.87. The number of likely N-dealkylation sites (N-methyl/N-ethyl adjacent to an activating group) is 1. The maximum absolute atomic E-state index is 10.8. The highest BCUT2D eigenvalue weighted by Gasteiger charge is 2.24. The number of benzene rings is 1. The second kappa shape index (κ2) is 4.72. The first-order valence-electron chi connectivity index (χ1n) is 4.98. The largest absolute Gasteiger partial charge is 0.453 e. The number of hydrogen-bond donors (Lipinski definition) is 1. The van der Waals surface area contributed by atoms with Crippen molar-refractivity contribution < 1.29 is 14.3 Å². The number of carbonyl (C=O) groups is 1. The number of aldehydes is 1. The van der Waals surface area contributed by atoms with E-state index in [-0.39, 0.29) is 6.79 Å². The van der Waals surface area contributed by atoms with Gasteiger partial charge in [-0.25, -0.2) is 0 Å². The van der Waals surface area contributed by atoms with Gasteiger partial charge in [0.1, 0.15) is 0 Å². The van der Waals surface area contributed by atoms with Crippen LogP contribution in [0.15, 0.2) is 6.07 Å². The van der Waals surface area contributed by atoms with E-state index >= 15 is 0 Å². The zero-order chi connectivity index (χ0) is 11.5. The summed E-state index contributed by atoms with van der Waals surface area (Å²) in [5, 5.41) is 3.58. The molecular formula is C11H12ClNO3. The Labute approximate surface area is 98.5 Å². The van der Waals surface area contributed by atoms with Gasteiger partial charge >= 0.3 is 0 Å². The summed E-state index contributed by atoms with van der Waals surface area (Å²) in [6, 6.07) is 1.62. The summed E-state index contributed by atoms with van der Waals surface area (Å²) in [4.78, 5) is 10.8. The van der Waals surface area contributed by atoms with Crippen molar-refractivity contribution in [2.45, 2.75) is 6.42 Å². The molecule has 1 aromatic carbocycles. The van der Waals surface area contributed by atoms with Gasteiger partial charge in [0.25, 0.3) is 0 Å². The Morgan fingerprint density at radius 3 is 2.94 bits per heavy atom. The monoisotopic (exact) mass is 241 g/mol. The molecule has 1 N–H and O–H groups in total. The van der Waals surface area contributed by atoms with Crippen LogP contribution >= 0.6 is 11.6 Å². The van der Waals surface area contributed by atoms with Crippen LogP contribution in [0.3, 0.4) is 0 Å². The number of rotatable bonds is 4. The first-order chi connectivity index (χ1) is 7.77. The molecule has 0 fully saturated rings. The minimum atomic E-state index is 0.142. The van der Waals surface area contributed by atoms with Gasteiger partial charge in [0.05, 0.1) is 5.56 Å². The quantitative estimate of drug-likeness (QED) is 0.815. The van der Waals surface area contributed by atoms with Crippen LogP contribution in [0.4, 0.5) is 0 Å². The zero-order valence-electron chi connectivity index (χ0n) is 8.88. The molecule has 1 aliphatic rings. The molecule has 2 rings (SSSR count). The maximum atomic E-state index is 10.8. The highest BCUT2D eigenvalue weighted by Crippen LogP contribution is 2.42. The molecule has 1 aromatic rings. The molecule has 0 aromatic heterocycles. The van der Waals surface area contributed by atoms with Crippen molar-refractivity contribution in [3.8, 4) is 11.5 Å². The lowest BCUT2D eigenvalue weighted by Crippen LogP contribution is -2.11. The first-order valence-corrected chi connectivity index (χ1v) is 5.36. The first kappa shape index (κ1) is 11.2. The Kier molecular flexibility index (Phi) is 3.31. The van der Waals surface area contributed by atoms with Gasteiger partial charge < -0.3 is 14.8 Å². The smallest absolute Gasteiger partial charge is 0.231 e. The summed E-state index contributed by atoms with van der Waals surface area (Å²) in [5.74, 6) is 1.11. The molecule has 0 atom stereocenters. The highest BCUT2D eigenvalue weighted by molar-refractivity contribution is 6.32. The van der Waals surface area contributed by atoms with Crippen LogP contribution in [0.5, 0.6) is 11.5 Å². The van der Waals surface area contributed by atoms with Gasteiger partial charge in [0, 0.05) is 10.6 Å². The Hall–Kier alpha value is -1.26. The summed E-state index contributed by atoms with van der Waals surface area (Å²) in [5.41, 5.74) is 1.32. The van der Waals surface area contributed by atoms with Crippen molar-refractivity contribution in [1.29, 1.82) is 0 Å². The predicted molar refractivity (Wildman–Crippen MR) is 60.6 cm³/mol. The van der Waals surface area contributed by atoms with Crippen LogP contribution in [0.25, 0.3) is 0 Å². The minimum absolute atomic E-state index is 0.142. The van der Waals surface area contributed by atoms with E-state index in [9.17, 15) is 4.79 Å². The molecule has 4 nitrogen and oxygen atoms in total. The van der Waals surface area contributed by atoms with Crippen molar-refractivity contribution in [2.75, 3.05) is 20.4 Å². The second-order valence-electron chi connectivity index (χ2n) is 3.46. The zero-order valence-corrected chi connectivity index (χ0v) is 9.63. The summed E-state index contributed by atoms with van der Waals surface area (Å²) in [7, 11) is 1.87. The van der Waals surface area contributed by atoms with E-state index in [4.69, 9.17) is 21.1 Å². The normalized spacial score (nSPS) is 12.9. The molecule has 16 heavy (non-hydrogen) atoms. The van der Waals surface area contributed by atoms with E-state index in [2.05, 4.69) is 5.32 Å². The van der Waals surface area contributed by atoms with Gasteiger partial charge in [-0.2, -0.15) is 0 Å². The van der Waals surface area contributed by atoms with Crippen molar-refractivity contribution in [2.24, 2.45) is 0 Å². The molecule has 1 heterocycles. The van der Waals surface area contributed by atoms with Gasteiger partial charge in [-0.15, -0.1) is 0 Å². The SMILES string of the molecule is CNCCc1c(Cl)cc(C=O)c2c1OCO2. The lowest BCUT2D eigenvalue weighted by molar-refractivity contribution is 0.111. The van der Waals surface area contributed by atoms with E-state index in [1.165, 1.54) is 0 Å². The molecule has 0 saturated heterocycles. The summed E-state index contributed by atoms with van der Waals surface area (Å²) < 4.78 is 10.6. The molecule has 0 bridgehead atoms. The molecule has 86 valence electrons. The molecular weight excluding hydrogens is 230 g/mol. The molecule has 1 aliphatic heterocycles. The van der Waals surface area contributed by atoms with Crippen LogP contribution < -0.4 is 14.8 Å². The van der Waals surface area contributed by atoms with E-state index in [0.29, 0.717) is 22.1 Å². The maximum Gasteiger partial charge on any atom is 0.231 e. The van der Waals surface area contributed by atoms with Crippen molar-refractivity contribution in [3.63, 3.8) is 0 Å². The molecule has 5 heteroatoms. The van der Waals surface area contributed by atoms with Crippen LogP contribution in [0, 0.1) is 0 Å². The number of fused-ring (bicyclic) bond motifs is 1. The Morgan fingerprint density at radius 1 is 1.50 bits per heavy atom. The van der Waals surface area contributed by atoms with Gasteiger partial charge in [-0.3, -0.25) is 4.79 Å². The third kappa shape index (κ3) is 1.86. The number of nitrogens with one attached hydrogen (secondary N) is 1. The lowest BCUT2D eigenvalue weighted by atomic mass is 10.1. The Balaban J connectivity index is 2.45. The Morgan fingerprint density at radius 2 is 2.25 bits per heavy atom. The standard InChI is InChI=1S/C11H12ClNO3/c1-13-3-2-8-9(12)4-7(5-14)10-11(8)16-6-15-10/h4-5,13H,2-3,6H2,1H3. The van der Waals surface area contributed by atoms with E-state index in [1.54, 1.807) is 6.07 Å². The molecule has 0 unspecified atom stereocenters. The average molecular weight is 242 g/mol. The predicted octanol–water partition coefficient (Wildman–Crippen LogP) is 1.64. The summed E-state index contributed by atoms with van der Waals surface area (Å²) in [6.07, 6.45) is 1.46. The summed E-state index contributed by atoms with van der Waals surface area (Å²) >= 11 is 6.11. The third-order valence-corrected chi connectivity index (χ3v) is 2.81.